The van der Waals surface area contributed by atoms with E-state index in [2.05, 4.69) is 15.4 Å². The van der Waals surface area contributed by atoms with Gasteiger partial charge in [0.05, 0.1) is 22.5 Å². The fourth-order valence-electron chi connectivity index (χ4n) is 3.43. The van der Waals surface area contributed by atoms with Crippen molar-refractivity contribution in [2.45, 2.75) is 6.92 Å². The van der Waals surface area contributed by atoms with E-state index in [0.29, 0.717) is 10.5 Å². The Kier molecular flexibility index (Phi) is 3.70. The van der Waals surface area contributed by atoms with E-state index in [4.69, 9.17) is 5.73 Å². The van der Waals surface area contributed by atoms with Gasteiger partial charge in [-0.1, -0.05) is 18.2 Å². The van der Waals surface area contributed by atoms with Gasteiger partial charge in [-0.3, -0.25) is 29.1 Å². The highest BCUT2D eigenvalue weighted by Crippen LogP contribution is 2.28. The first-order valence-electron chi connectivity index (χ1n) is 8.73. The number of nitrogens with zero attached hydrogens (tertiary/aromatic N) is 4. The Hall–Kier alpha value is -4.12. The molecule has 5 rings (SSSR count). The van der Waals surface area contributed by atoms with Crippen LogP contribution in [0.5, 0.6) is 0 Å². The zero-order chi connectivity index (χ0) is 21.2. The first-order chi connectivity index (χ1) is 14.4. The van der Waals surface area contributed by atoms with Crippen LogP contribution >= 0.6 is 11.3 Å². The van der Waals surface area contributed by atoms with Crippen LogP contribution in [0.25, 0.3) is 21.9 Å². The van der Waals surface area contributed by atoms with Gasteiger partial charge < -0.3 is 5.73 Å². The van der Waals surface area contributed by atoms with Crippen molar-refractivity contribution in [3.63, 3.8) is 0 Å². The highest BCUT2D eigenvalue weighted by molar-refractivity contribution is 7.15. The van der Waals surface area contributed by atoms with Gasteiger partial charge in [-0.05, 0) is 13.0 Å². The number of anilines is 1. The molecule has 0 aliphatic carbocycles. The molecular weight excluding hydrogens is 408 g/mol. The first-order valence-corrected chi connectivity index (χ1v) is 9.61. The average molecular weight is 420 g/mol. The number of rotatable bonds is 2. The Morgan fingerprint density at radius 2 is 1.83 bits per heavy atom. The zero-order valence-corrected chi connectivity index (χ0v) is 16.2. The van der Waals surface area contributed by atoms with E-state index in [1.54, 1.807) is 28.8 Å². The highest BCUT2D eigenvalue weighted by Gasteiger charge is 2.32. The summed E-state index contributed by atoms with van der Waals surface area (Å²) in [6, 6.07) is 7.57. The van der Waals surface area contributed by atoms with Crippen LogP contribution in [0.2, 0.25) is 0 Å². The summed E-state index contributed by atoms with van der Waals surface area (Å²) in [5, 5.41) is 8.36. The summed E-state index contributed by atoms with van der Waals surface area (Å²) in [4.78, 5) is 54.1. The number of imide groups is 1. The number of aromatic nitrogens is 4. The van der Waals surface area contributed by atoms with Gasteiger partial charge in [0, 0.05) is 17.0 Å². The number of thiazole rings is 1. The number of para-hydroxylation sites is 1. The Labute approximate surface area is 171 Å². The number of pyridine rings is 1. The third kappa shape index (κ3) is 2.42. The van der Waals surface area contributed by atoms with Crippen LogP contribution in [-0.2, 0) is 0 Å². The molecule has 11 heteroatoms. The van der Waals surface area contributed by atoms with Crippen LogP contribution in [0.1, 0.15) is 26.4 Å². The minimum absolute atomic E-state index is 0.0249. The number of nitrogens with one attached hydrogen (secondary N) is 1. The van der Waals surface area contributed by atoms with Gasteiger partial charge in [0.2, 0.25) is 4.96 Å². The number of benzene rings is 1. The summed E-state index contributed by atoms with van der Waals surface area (Å²) >= 11 is 1.29. The van der Waals surface area contributed by atoms with Crippen LogP contribution in [-0.4, -0.2) is 31.0 Å². The molecule has 10 nitrogen and oxygen atoms in total. The molecule has 2 amide bonds. The zero-order valence-electron chi connectivity index (χ0n) is 15.4. The fraction of sp³-hybridized carbons (Fsp3) is 0.0526. The number of nitrogen functional groups attached to an aromatic ring is 1. The largest absolute Gasteiger partial charge is 0.384 e. The van der Waals surface area contributed by atoms with Crippen LogP contribution in [0.15, 0.2) is 45.3 Å². The summed E-state index contributed by atoms with van der Waals surface area (Å²) in [5.41, 5.74) is 6.17. The normalized spacial score (nSPS) is 13.0. The maximum absolute atomic E-state index is 12.8. The predicted molar refractivity (Wildman–Crippen MR) is 109 cm³/mol. The summed E-state index contributed by atoms with van der Waals surface area (Å²) in [6.45, 7) is 1.83. The van der Waals surface area contributed by atoms with E-state index in [1.807, 2.05) is 12.3 Å². The van der Waals surface area contributed by atoms with Gasteiger partial charge in [0.1, 0.15) is 5.82 Å². The standard InChI is InChI=1S/C19H12N6O4S/c1-8-7-30-19-22-18(29)14(23-25(8)19)9-4-2-3-5-11(9)24-12(26)6-10-13(15(24)20)17(28)21-16(10)27/h2-7H,20H2,1H3,(H,21,27,28). The Bertz CT molecular complexity index is 1530. The summed E-state index contributed by atoms with van der Waals surface area (Å²) in [5.74, 6) is -1.57. The minimum Gasteiger partial charge on any atom is -0.384 e. The molecule has 30 heavy (non-hydrogen) atoms. The molecule has 0 saturated heterocycles. The average Bonchev–Trinajstić information content (AvgIpc) is 3.20. The van der Waals surface area contributed by atoms with E-state index in [-0.39, 0.29) is 28.3 Å². The number of fused-ring (bicyclic) bond motifs is 2. The van der Waals surface area contributed by atoms with Gasteiger partial charge in [0.15, 0.2) is 5.69 Å². The second kappa shape index (κ2) is 6.19. The lowest BCUT2D eigenvalue weighted by atomic mass is 10.1. The second-order valence-electron chi connectivity index (χ2n) is 6.63. The number of aryl methyl sites for hydroxylation is 1. The lowest BCUT2D eigenvalue weighted by molar-refractivity contribution is 0.0880. The molecule has 1 aliphatic rings. The van der Waals surface area contributed by atoms with Crippen LogP contribution < -0.4 is 22.2 Å². The number of amides is 2. The number of hydrogen-bond acceptors (Lipinski definition) is 8. The second-order valence-corrected chi connectivity index (χ2v) is 7.47. The molecule has 3 aromatic heterocycles. The van der Waals surface area contributed by atoms with Crippen molar-refractivity contribution in [1.29, 1.82) is 0 Å². The van der Waals surface area contributed by atoms with Gasteiger partial charge in [0.25, 0.3) is 17.4 Å². The van der Waals surface area contributed by atoms with Crippen LogP contribution in [0.4, 0.5) is 5.82 Å². The van der Waals surface area contributed by atoms with Crippen molar-refractivity contribution in [3.05, 3.63) is 73.2 Å². The van der Waals surface area contributed by atoms with Crippen molar-refractivity contribution in [2.24, 2.45) is 0 Å². The van der Waals surface area contributed by atoms with E-state index >= 15 is 0 Å². The fourth-order valence-corrected chi connectivity index (χ4v) is 4.23. The Balaban J connectivity index is 1.83. The van der Waals surface area contributed by atoms with E-state index in [0.717, 1.165) is 16.3 Å². The molecule has 4 aromatic rings. The van der Waals surface area contributed by atoms with Crippen molar-refractivity contribution in [3.8, 4) is 16.9 Å². The maximum Gasteiger partial charge on any atom is 0.300 e. The molecule has 0 fully saturated rings. The number of carbonyl (C=O) groups is 2. The number of carbonyl (C=O) groups excluding carboxylic acids is 2. The Morgan fingerprint density at radius 1 is 1.07 bits per heavy atom. The lowest BCUT2D eigenvalue weighted by Gasteiger charge is -2.15. The maximum atomic E-state index is 12.8. The summed E-state index contributed by atoms with van der Waals surface area (Å²) in [7, 11) is 0. The van der Waals surface area contributed by atoms with Crippen molar-refractivity contribution in [2.75, 3.05) is 5.73 Å². The molecule has 0 atom stereocenters. The third-order valence-corrected chi connectivity index (χ3v) is 5.74. The van der Waals surface area contributed by atoms with Gasteiger partial charge >= 0.3 is 5.56 Å². The monoisotopic (exact) mass is 420 g/mol. The molecule has 0 radical (unpaired) electrons. The minimum atomic E-state index is -0.686. The first kappa shape index (κ1) is 17.9. The highest BCUT2D eigenvalue weighted by atomic mass is 32.1. The van der Waals surface area contributed by atoms with E-state index in [1.165, 1.54) is 11.3 Å². The molecule has 0 bridgehead atoms. The molecule has 148 valence electrons. The quantitative estimate of drug-likeness (QED) is 0.456. The number of nitrogens with two attached hydrogens (primary N) is 1. The van der Waals surface area contributed by atoms with E-state index < -0.39 is 22.9 Å². The summed E-state index contributed by atoms with van der Waals surface area (Å²) in [6.07, 6.45) is 0. The van der Waals surface area contributed by atoms with Gasteiger partial charge in [-0.15, -0.1) is 11.3 Å². The van der Waals surface area contributed by atoms with E-state index in [9.17, 15) is 19.2 Å². The van der Waals surface area contributed by atoms with Crippen LogP contribution in [0.3, 0.4) is 0 Å². The molecule has 0 spiro atoms. The van der Waals surface area contributed by atoms with Crippen molar-refractivity contribution < 1.29 is 9.59 Å². The molecule has 0 saturated carbocycles. The molecule has 3 N–H and O–H groups in total. The molecule has 0 unspecified atom stereocenters. The molecule has 4 heterocycles. The third-order valence-electron chi connectivity index (χ3n) is 4.80. The lowest BCUT2D eigenvalue weighted by Crippen LogP contribution is -2.25. The topological polar surface area (TPSA) is 141 Å². The SMILES string of the molecule is Cc1csc2nc(=O)c(-c3ccccc3-n3c(N)c4c(cc3=O)C(=O)NC4=O)nn12. The van der Waals surface area contributed by atoms with Gasteiger partial charge in [-0.2, -0.15) is 10.1 Å². The molecular formula is C19H12N6O4S. The predicted octanol–water partition coefficient (Wildman–Crippen LogP) is 0.743. The smallest absolute Gasteiger partial charge is 0.300 e. The van der Waals surface area contributed by atoms with Crippen molar-refractivity contribution in [1.82, 2.24) is 24.5 Å². The van der Waals surface area contributed by atoms with Crippen molar-refractivity contribution >= 4 is 33.9 Å². The molecule has 1 aliphatic heterocycles. The summed E-state index contributed by atoms with van der Waals surface area (Å²) < 4.78 is 2.63. The number of hydrogen-bond donors (Lipinski definition) is 2. The van der Waals surface area contributed by atoms with Gasteiger partial charge in [-0.25, -0.2) is 4.52 Å². The molecule has 1 aromatic carbocycles. The Morgan fingerprint density at radius 3 is 2.63 bits per heavy atom. The van der Waals surface area contributed by atoms with Crippen LogP contribution in [0, 0.1) is 6.92 Å².